The van der Waals surface area contributed by atoms with Gasteiger partial charge in [0.25, 0.3) is 0 Å². The topological polar surface area (TPSA) is 44.7 Å². The molecule has 1 fully saturated rings. The number of piperidine rings is 1. The normalized spacial score (nSPS) is 17.6. The third kappa shape index (κ3) is 3.64. The van der Waals surface area contributed by atoms with E-state index in [1.807, 2.05) is 12.1 Å². The van der Waals surface area contributed by atoms with Crippen molar-refractivity contribution < 1.29 is 9.84 Å². The molecule has 20 heavy (non-hydrogen) atoms. The lowest BCUT2D eigenvalue weighted by Gasteiger charge is -2.35. The summed E-state index contributed by atoms with van der Waals surface area (Å²) < 4.78 is 5.13. The van der Waals surface area contributed by atoms with E-state index in [1.165, 1.54) is 12.8 Å². The van der Waals surface area contributed by atoms with E-state index < -0.39 is 0 Å². The van der Waals surface area contributed by atoms with Gasteiger partial charge in [-0.05, 0) is 45.8 Å². The Kier molecular flexibility index (Phi) is 5.26. The van der Waals surface area contributed by atoms with Crippen LogP contribution in [0.5, 0.6) is 11.5 Å². The summed E-state index contributed by atoms with van der Waals surface area (Å²) in [7, 11) is 1.58. The number of benzene rings is 1. The third-order valence-corrected chi connectivity index (χ3v) is 4.14. The Morgan fingerprint density at radius 1 is 1.35 bits per heavy atom. The molecule has 1 saturated heterocycles. The van der Waals surface area contributed by atoms with E-state index in [1.54, 1.807) is 13.2 Å². The van der Waals surface area contributed by atoms with Gasteiger partial charge >= 0.3 is 0 Å². The number of phenols is 1. The predicted molar refractivity (Wildman–Crippen MR) is 81.2 cm³/mol. The van der Waals surface area contributed by atoms with Crippen molar-refractivity contribution in [1.29, 1.82) is 0 Å². The molecular weight excluding hydrogens is 252 g/mol. The van der Waals surface area contributed by atoms with Gasteiger partial charge < -0.3 is 20.1 Å². The van der Waals surface area contributed by atoms with Crippen LogP contribution in [0.2, 0.25) is 0 Å². The number of rotatable bonds is 5. The first-order valence-corrected chi connectivity index (χ1v) is 7.44. The molecule has 0 aromatic heterocycles. The largest absolute Gasteiger partial charge is 0.504 e. The molecule has 2 N–H and O–H groups in total. The number of phenolic OH excluding ortho intramolecular Hbond substituents is 1. The molecule has 0 atom stereocenters. The second-order valence-corrected chi connectivity index (χ2v) is 5.75. The Morgan fingerprint density at radius 2 is 2.05 bits per heavy atom. The van der Waals surface area contributed by atoms with Gasteiger partial charge in [0.2, 0.25) is 0 Å². The maximum atomic E-state index is 10.1. The number of ether oxygens (including phenoxy) is 1. The van der Waals surface area contributed by atoms with Crippen LogP contribution in [0.25, 0.3) is 0 Å². The van der Waals surface area contributed by atoms with E-state index in [-0.39, 0.29) is 5.75 Å². The molecule has 1 aromatic carbocycles. The Labute approximate surface area is 121 Å². The number of methoxy groups -OCH3 is 1. The first-order valence-electron chi connectivity index (χ1n) is 7.44. The first kappa shape index (κ1) is 15.1. The van der Waals surface area contributed by atoms with Gasteiger partial charge in [0, 0.05) is 24.2 Å². The molecule has 0 spiro atoms. The smallest absolute Gasteiger partial charge is 0.162 e. The van der Waals surface area contributed by atoms with Crippen molar-refractivity contribution in [1.82, 2.24) is 10.2 Å². The fourth-order valence-corrected chi connectivity index (χ4v) is 2.75. The van der Waals surface area contributed by atoms with Gasteiger partial charge in [0.15, 0.2) is 11.5 Å². The van der Waals surface area contributed by atoms with Crippen molar-refractivity contribution in [3.05, 3.63) is 23.8 Å². The summed E-state index contributed by atoms with van der Waals surface area (Å²) in [5.41, 5.74) is 0.899. The molecule has 0 saturated carbocycles. The number of nitrogens with zero attached hydrogens (tertiary/aromatic N) is 1. The lowest BCUT2D eigenvalue weighted by molar-refractivity contribution is 0.160. The Morgan fingerprint density at radius 3 is 2.65 bits per heavy atom. The minimum atomic E-state index is 0.252. The zero-order valence-corrected chi connectivity index (χ0v) is 12.7. The summed E-state index contributed by atoms with van der Waals surface area (Å²) in [6.45, 7) is 7.50. The summed E-state index contributed by atoms with van der Waals surface area (Å²) in [5, 5.41) is 13.6. The Balaban J connectivity index is 1.85. The lowest BCUT2D eigenvalue weighted by Crippen LogP contribution is -2.44. The molecule has 1 heterocycles. The highest BCUT2D eigenvalue weighted by molar-refractivity contribution is 5.45. The number of para-hydroxylation sites is 1. The molecule has 0 unspecified atom stereocenters. The number of aromatic hydroxyl groups is 1. The molecule has 1 aliphatic heterocycles. The molecule has 112 valence electrons. The highest BCUT2D eigenvalue weighted by Gasteiger charge is 2.20. The van der Waals surface area contributed by atoms with Crippen LogP contribution < -0.4 is 10.1 Å². The number of hydrogen-bond donors (Lipinski definition) is 2. The number of nitrogens with one attached hydrogen (secondary N) is 1. The molecule has 2 rings (SSSR count). The third-order valence-electron chi connectivity index (χ3n) is 4.14. The SMILES string of the molecule is COc1cccc(CNC2CCN(C(C)C)CC2)c1O. The zero-order chi connectivity index (χ0) is 14.5. The highest BCUT2D eigenvalue weighted by atomic mass is 16.5. The van der Waals surface area contributed by atoms with E-state index in [2.05, 4.69) is 24.1 Å². The van der Waals surface area contributed by atoms with Crippen LogP contribution in [0.3, 0.4) is 0 Å². The van der Waals surface area contributed by atoms with Crippen LogP contribution in [0.15, 0.2) is 18.2 Å². The molecule has 0 radical (unpaired) electrons. The van der Waals surface area contributed by atoms with Crippen molar-refractivity contribution in [2.45, 2.75) is 45.3 Å². The van der Waals surface area contributed by atoms with Crippen molar-refractivity contribution in [2.75, 3.05) is 20.2 Å². The summed E-state index contributed by atoms with van der Waals surface area (Å²) in [6.07, 6.45) is 2.34. The minimum absolute atomic E-state index is 0.252. The molecular formula is C16H26N2O2. The van der Waals surface area contributed by atoms with E-state index in [9.17, 15) is 5.11 Å². The van der Waals surface area contributed by atoms with Crippen LogP contribution in [-0.2, 0) is 6.54 Å². The fraction of sp³-hybridized carbons (Fsp3) is 0.625. The second-order valence-electron chi connectivity index (χ2n) is 5.75. The van der Waals surface area contributed by atoms with Gasteiger partial charge in [-0.15, -0.1) is 0 Å². The van der Waals surface area contributed by atoms with Gasteiger partial charge in [0.05, 0.1) is 7.11 Å². The van der Waals surface area contributed by atoms with E-state index >= 15 is 0 Å². The average Bonchev–Trinajstić information content (AvgIpc) is 2.46. The van der Waals surface area contributed by atoms with Crippen LogP contribution in [0.1, 0.15) is 32.3 Å². The fourth-order valence-electron chi connectivity index (χ4n) is 2.75. The maximum absolute atomic E-state index is 10.1. The molecule has 1 aromatic rings. The van der Waals surface area contributed by atoms with Crippen molar-refractivity contribution >= 4 is 0 Å². The summed E-state index contributed by atoms with van der Waals surface area (Å²) in [5.74, 6) is 0.793. The van der Waals surface area contributed by atoms with Crippen molar-refractivity contribution in [3.63, 3.8) is 0 Å². The van der Waals surface area contributed by atoms with Crippen LogP contribution >= 0.6 is 0 Å². The van der Waals surface area contributed by atoms with Gasteiger partial charge in [-0.25, -0.2) is 0 Å². The number of likely N-dealkylation sites (tertiary alicyclic amines) is 1. The van der Waals surface area contributed by atoms with Crippen molar-refractivity contribution in [3.8, 4) is 11.5 Å². The van der Waals surface area contributed by atoms with Crippen molar-refractivity contribution in [2.24, 2.45) is 0 Å². The molecule has 4 nitrogen and oxygen atoms in total. The van der Waals surface area contributed by atoms with E-state index in [0.717, 1.165) is 18.7 Å². The standard InChI is InChI=1S/C16H26N2O2/c1-12(2)18-9-7-14(8-10-18)17-11-13-5-4-6-15(20-3)16(13)19/h4-6,12,14,17,19H,7-11H2,1-3H3. The molecule has 4 heteroatoms. The zero-order valence-electron chi connectivity index (χ0n) is 12.7. The van der Waals surface area contributed by atoms with Gasteiger partial charge in [-0.1, -0.05) is 12.1 Å². The minimum Gasteiger partial charge on any atom is -0.504 e. The van der Waals surface area contributed by atoms with E-state index in [0.29, 0.717) is 24.4 Å². The monoisotopic (exact) mass is 278 g/mol. The summed E-state index contributed by atoms with van der Waals surface area (Å²) in [4.78, 5) is 2.52. The van der Waals surface area contributed by atoms with Crippen LogP contribution in [0.4, 0.5) is 0 Å². The molecule has 1 aliphatic rings. The van der Waals surface area contributed by atoms with Gasteiger partial charge in [-0.2, -0.15) is 0 Å². The maximum Gasteiger partial charge on any atom is 0.162 e. The Bertz CT molecular complexity index is 426. The lowest BCUT2D eigenvalue weighted by atomic mass is 10.0. The van der Waals surface area contributed by atoms with Gasteiger partial charge in [0.1, 0.15) is 0 Å². The second kappa shape index (κ2) is 6.95. The summed E-state index contributed by atoms with van der Waals surface area (Å²) >= 11 is 0. The molecule has 0 aliphatic carbocycles. The van der Waals surface area contributed by atoms with E-state index in [4.69, 9.17) is 4.74 Å². The molecule has 0 bridgehead atoms. The van der Waals surface area contributed by atoms with Crippen LogP contribution in [0, 0.1) is 0 Å². The molecule has 0 amide bonds. The van der Waals surface area contributed by atoms with Crippen LogP contribution in [-0.4, -0.2) is 42.3 Å². The highest BCUT2D eigenvalue weighted by Crippen LogP contribution is 2.29. The number of hydrogen-bond acceptors (Lipinski definition) is 4. The predicted octanol–water partition coefficient (Wildman–Crippen LogP) is 2.36. The average molecular weight is 278 g/mol. The van der Waals surface area contributed by atoms with Gasteiger partial charge in [-0.3, -0.25) is 0 Å². The Hall–Kier alpha value is -1.26. The quantitative estimate of drug-likeness (QED) is 0.868. The summed E-state index contributed by atoms with van der Waals surface area (Å²) in [6, 6.07) is 6.80. The first-order chi connectivity index (χ1) is 9.61.